The summed E-state index contributed by atoms with van der Waals surface area (Å²) in [5.41, 5.74) is 2.89. The molecule has 2 aliphatic heterocycles. The number of nitrogens with zero attached hydrogens (tertiary/aromatic N) is 4. The van der Waals surface area contributed by atoms with Crippen LogP contribution >= 0.6 is 0 Å². The molecular formula is C29H33N5O3. The first-order chi connectivity index (χ1) is 18.2. The van der Waals surface area contributed by atoms with E-state index in [-0.39, 0.29) is 17.7 Å². The molecule has 2 saturated heterocycles. The maximum absolute atomic E-state index is 13.4. The van der Waals surface area contributed by atoms with Gasteiger partial charge in [-0.1, -0.05) is 42.5 Å². The topological polar surface area (TPSA) is 87.7 Å². The molecule has 0 bridgehead atoms. The molecule has 8 nitrogen and oxygen atoms in total. The highest BCUT2D eigenvalue weighted by atomic mass is 16.5. The summed E-state index contributed by atoms with van der Waals surface area (Å²) in [5, 5.41) is 11.5. The van der Waals surface area contributed by atoms with E-state index in [1.807, 2.05) is 53.4 Å². The van der Waals surface area contributed by atoms with Gasteiger partial charge in [-0.15, -0.1) is 5.10 Å². The maximum atomic E-state index is 13.4. The highest BCUT2D eigenvalue weighted by Gasteiger charge is 2.31. The summed E-state index contributed by atoms with van der Waals surface area (Å²) in [6, 6.07) is 21.5. The molecule has 0 radical (unpaired) electrons. The number of carbonyl (C=O) groups is 2. The Balaban J connectivity index is 1.26. The van der Waals surface area contributed by atoms with Crippen LogP contribution in [0.3, 0.4) is 0 Å². The Hall–Kier alpha value is -3.62. The normalized spacial score (nSPS) is 18.9. The number of anilines is 2. The van der Waals surface area contributed by atoms with Crippen LogP contribution < -0.4 is 10.2 Å². The van der Waals surface area contributed by atoms with Crippen LogP contribution in [0, 0.1) is 5.92 Å². The van der Waals surface area contributed by atoms with E-state index in [0.717, 1.165) is 37.1 Å². The molecule has 192 valence electrons. The Labute approximate surface area is 217 Å². The Bertz CT molecular complexity index is 1180. The fourth-order valence-corrected chi connectivity index (χ4v) is 5.33. The molecular weight excluding hydrogens is 466 g/mol. The lowest BCUT2D eigenvalue weighted by Crippen LogP contribution is -2.41. The highest BCUT2D eigenvalue weighted by Crippen LogP contribution is 2.33. The van der Waals surface area contributed by atoms with Gasteiger partial charge in [-0.25, -0.2) is 0 Å². The number of aromatic nitrogens is 2. The maximum Gasteiger partial charge on any atom is 0.256 e. The highest BCUT2D eigenvalue weighted by molar-refractivity contribution is 6.01. The second kappa shape index (κ2) is 11.6. The van der Waals surface area contributed by atoms with Crippen molar-refractivity contribution in [2.75, 3.05) is 38.2 Å². The van der Waals surface area contributed by atoms with Crippen LogP contribution in [0.2, 0.25) is 0 Å². The van der Waals surface area contributed by atoms with E-state index in [1.165, 1.54) is 5.56 Å². The number of piperidine rings is 1. The average molecular weight is 500 g/mol. The summed E-state index contributed by atoms with van der Waals surface area (Å²) in [5.74, 6) is 0.870. The summed E-state index contributed by atoms with van der Waals surface area (Å²) in [4.78, 5) is 30.1. The standard InChI is InChI=1S/C29H33N5O3/c1-37-27(23-6-3-2-4-7-23)29(36)33-18-14-22(15-19-33)21-9-11-25(12-10-21)34(26-8-5-16-31-32-26)28(35)24-13-17-30-20-24/h2-12,16,22,24,27,30H,13-15,17-20H2,1H3/t24-,27+/m0/s1. The Morgan fingerprint density at radius 2 is 1.76 bits per heavy atom. The van der Waals surface area contributed by atoms with Crippen molar-refractivity contribution in [3.8, 4) is 0 Å². The van der Waals surface area contributed by atoms with Gasteiger partial charge in [-0.3, -0.25) is 14.5 Å². The van der Waals surface area contributed by atoms with Gasteiger partial charge in [0.1, 0.15) is 0 Å². The summed E-state index contributed by atoms with van der Waals surface area (Å²) in [6.07, 6.45) is 3.63. The number of ether oxygens (including phenoxy) is 1. The number of nitrogens with one attached hydrogen (secondary N) is 1. The fraction of sp³-hybridized carbons (Fsp3) is 0.379. The molecule has 0 aliphatic carbocycles. The molecule has 37 heavy (non-hydrogen) atoms. The Kier molecular flexibility index (Phi) is 7.87. The van der Waals surface area contributed by atoms with Crippen LogP contribution in [-0.2, 0) is 14.3 Å². The van der Waals surface area contributed by atoms with Crippen LogP contribution in [0.5, 0.6) is 0 Å². The van der Waals surface area contributed by atoms with Crippen molar-refractivity contribution in [1.29, 1.82) is 0 Å². The molecule has 2 atom stereocenters. The Morgan fingerprint density at radius 3 is 2.38 bits per heavy atom. The van der Waals surface area contributed by atoms with E-state index >= 15 is 0 Å². The molecule has 8 heteroatoms. The Morgan fingerprint density at radius 1 is 1.00 bits per heavy atom. The number of hydrogen-bond donors (Lipinski definition) is 1. The number of hydrogen-bond acceptors (Lipinski definition) is 6. The predicted octanol–water partition coefficient (Wildman–Crippen LogP) is 3.84. The van der Waals surface area contributed by atoms with Crippen LogP contribution in [-0.4, -0.2) is 60.2 Å². The third-order valence-electron chi connectivity index (χ3n) is 7.41. The molecule has 2 amide bonds. The van der Waals surface area contributed by atoms with Crippen molar-refractivity contribution >= 4 is 23.3 Å². The lowest BCUT2D eigenvalue weighted by molar-refractivity contribution is -0.143. The van der Waals surface area contributed by atoms with Crippen molar-refractivity contribution in [3.63, 3.8) is 0 Å². The molecule has 5 rings (SSSR count). The summed E-state index contributed by atoms with van der Waals surface area (Å²) < 4.78 is 5.55. The van der Waals surface area contributed by atoms with Gasteiger partial charge in [-0.05, 0) is 67.1 Å². The number of carbonyl (C=O) groups excluding carboxylic acids is 2. The molecule has 3 heterocycles. The van der Waals surface area contributed by atoms with E-state index in [0.29, 0.717) is 31.4 Å². The fourth-order valence-electron chi connectivity index (χ4n) is 5.33. The van der Waals surface area contributed by atoms with Crippen molar-refractivity contribution in [1.82, 2.24) is 20.4 Å². The molecule has 0 unspecified atom stereocenters. The largest absolute Gasteiger partial charge is 0.367 e. The number of benzene rings is 2. The summed E-state index contributed by atoms with van der Waals surface area (Å²) in [6.45, 7) is 2.91. The monoisotopic (exact) mass is 499 g/mol. The first-order valence-corrected chi connectivity index (χ1v) is 12.9. The summed E-state index contributed by atoms with van der Waals surface area (Å²) in [7, 11) is 1.59. The number of methoxy groups -OCH3 is 1. The lowest BCUT2D eigenvalue weighted by Gasteiger charge is -2.34. The van der Waals surface area contributed by atoms with E-state index < -0.39 is 6.10 Å². The van der Waals surface area contributed by atoms with E-state index in [9.17, 15) is 9.59 Å². The number of amides is 2. The molecule has 3 aromatic rings. The van der Waals surface area contributed by atoms with Crippen molar-refractivity contribution < 1.29 is 14.3 Å². The molecule has 1 aromatic heterocycles. The van der Waals surface area contributed by atoms with Gasteiger partial charge in [0.05, 0.1) is 11.6 Å². The summed E-state index contributed by atoms with van der Waals surface area (Å²) >= 11 is 0. The minimum atomic E-state index is -0.572. The van der Waals surface area contributed by atoms with E-state index in [2.05, 4.69) is 27.6 Å². The third kappa shape index (κ3) is 5.55. The van der Waals surface area contributed by atoms with Crippen molar-refractivity contribution in [2.45, 2.75) is 31.3 Å². The van der Waals surface area contributed by atoms with Gasteiger partial charge in [-0.2, -0.15) is 5.10 Å². The van der Waals surface area contributed by atoms with Gasteiger partial charge in [0.15, 0.2) is 11.9 Å². The first kappa shape index (κ1) is 25.0. The second-order valence-corrected chi connectivity index (χ2v) is 9.66. The van der Waals surface area contributed by atoms with Gasteiger partial charge in [0, 0.05) is 32.9 Å². The van der Waals surface area contributed by atoms with Crippen LogP contribution in [0.4, 0.5) is 11.5 Å². The molecule has 1 N–H and O–H groups in total. The molecule has 2 aliphatic rings. The van der Waals surface area contributed by atoms with Crippen molar-refractivity contribution in [3.05, 3.63) is 84.1 Å². The number of rotatable bonds is 7. The van der Waals surface area contributed by atoms with E-state index in [4.69, 9.17) is 4.74 Å². The predicted molar refractivity (Wildman–Crippen MR) is 141 cm³/mol. The zero-order valence-electron chi connectivity index (χ0n) is 21.1. The minimum Gasteiger partial charge on any atom is -0.367 e. The van der Waals surface area contributed by atoms with Crippen LogP contribution in [0.1, 0.15) is 42.4 Å². The molecule has 0 saturated carbocycles. The average Bonchev–Trinajstić information content (AvgIpc) is 3.51. The number of likely N-dealkylation sites (tertiary alicyclic amines) is 1. The van der Waals surface area contributed by atoms with Gasteiger partial charge in [0.25, 0.3) is 5.91 Å². The van der Waals surface area contributed by atoms with Gasteiger partial charge >= 0.3 is 0 Å². The molecule has 2 fully saturated rings. The molecule has 0 spiro atoms. The van der Waals surface area contributed by atoms with Gasteiger partial charge < -0.3 is 15.0 Å². The SMILES string of the molecule is CO[C@@H](C(=O)N1CCC(c2ccc(N(C(=O)[C@H]3CCNC3)c3cccnn3)cc2)CC1)c1ccccc1. The van der Waals surface area contributed by atoms with Gasteiger partial charge in [0.2, 0.25) is 5.91 Å². The lowest BCUT2D eigenvalue weighted by atomic mass is 9.89. The third-order valence-corrected chi connectivity index (χ3v) is 7.41. The molecule has 2 aromatic carbocycles. The zero-order chi connectivity index (χ0) is 25.6. The first-order valence-electron chi connectivity index (χ1n) is 12.9. The van der Waals surface area contributed by atoms with Crippen LogP contribution in [0.15, 0.2) is 72.9 Å². The van der Waals surface area contributed by atoms with Crippen LogP contribution in [0.25, 0.3) is 0 Å². The minimum absolute atomic E-state index is 0.0158. The smallest absolute Gasteiger partial charge is 0.256 e. The van der Waals surface area contributed by atoms with Crippen molar-refractivity contribution in [2.24, 2.45) is 5.92 Å². The zero-order valence-corrected chi connectivity index (χ0v) is 21.1. The quantitative estimate of drug-likeness (QED) is 0.532. The second-order valence-electron chi connectivity index (χ2n) is 9.66. The van der Waals surface area contributed by atoms with E-state index in [1.54, 1.807) is 24.3 Å².